The second kappa shape index (κ2) is 7.18. The molecular weight excluding hydrogens is 308 g/mol. The highest BCUT2D eigenvalue weighted by Crippen LogP contribution is 2.31. The van der Waals surface area contributed by atoms with Crippen molar-refractivity contribution in [3.63, 3.8) is 0 Å². The molecule has 1 heterocycles. The van der Waals surface area contributed by atoms with Crippen LogP contribution in [0.1, 0.15) is 30.9 Å². The Morgan fingerprint density at radius 2 is 2.29 bits per heavy atom. The highest BCUT2D eigenvalue weighted by atomic mass is 35.5. The molecule has 21 heavy (non-hydrogen) atoms. The Balaban J connectivity index is 2.01. The first-order valence-corrected chi connectivity index (χ1v) is 8.23. The van der Waals surface area contributed by atoms with Crippen molar-refractivity contribution in [2.24, 2.45) is 4.99 Å². The van der Waals surface area contributed by atoms with Crippen molar-refractivity contribution in [2.75, 3.05) is 18.9 Å². The van der Waals surface area contributed by atoms with Crippen LogP contribution in [0, 0.1) is 6.92 Å². The number of nitrogens with one attached hydrogen (secondary N) is 1. The highest BCUT2D eigenvalue weighted by molar-refractivity contribution is 8.14. The van der Waals surface area contributed by atoms with Gasteiger partial charge >= 0.3 is 0 Å². The van der Waals surface area contributed by atoms with Gasteiger partial charge in [0.05, 0.1) is 6.54 Å². The quantitative estimate of drug-likeness (QED) is 0.923. The van der Waals surface area contributed by atoms with E-state index in [0.29, 0.717) is 15.9 Å². The molecule has 1 amide bonds. The van der Waals surface area contributed by atoms with Crippen LogP contribution >= 0.6 is 23.4 Å². The van der Waals surface area contributed by atoms with E-state index >= 15 is 0 Å². The van der Waals surface area contributed by atoms with Gasteiger partial charge in [-0.15, -0.1) is 0 Å². The molecule has 0 spiro atoms. The number of amidine groups is 1. The van der Waals surface area contributed by atoms with Crippen molar-refractivity contribution in [2.45, 2.75) is 26.7 Å². The zero-order valence-electron chi connectivity index (χ0n) is 12.4. The summed E-state index contributed by atoms with van der Waals surface area (Å²) in [5.41, 5.74) is 1.94. The van der Waals surface area contributed by atoms with Crippen LogP contribution in [0.2, 0.25) is 5.02 Å². The molecule has 0 saturated carbocycles. The molecule has 1 aliphatic heterocycles. The number of halogens is 1. The van der Waals surface area contributed by atoms with E-state index in [4.69, 9.17) is 16.3 Å². The van der Waals surface area contributed by atoms with E-state index in [2.05, 4.69) is 24.2 Å². The fourth-order valence-corrected chi connectivity index (χ4v) is 2.87. The fraction of sp³-hybridized carbons (Fsp3) is 0.467. The average molecular weight is 327 g/mol. The average Bonchev–Trinajstić information content (AvgIpc) is 2.92. The van der Waals surface area contributed by atoms with Crippen LogP contribution < -0.4 is 10.1 Å². The van der Waals surface area contributed by atoms with Gasteiger partial charge in [-0.2, -0.15) is 0 Å². The Kier molecular flexibility index (Phi) is 5.53. The number of aryl methyl sites for hydroxylation is 1. The van der Waals surface area contributed by atoms with E-state index in [-0.39, 0.29) is 18.4 Å². The van der Waals surface area contributed by atoms with Crippen LogP contribution in [-0.4, -0.2) is 30.0 Å². The van der Waals surface area contributed by atoms with E-state index in [1.54, 1.807) is 11.8 Å². The Morgan fingerprint density at radius 3 is 2.90 bits per heavy atom. The number of ether oxygens (including phenoxy) is 1. The number of hydrogen-bond donors (Lipinski definition) is 1. The molecule has 6 heteroatoms. The SMILES string of the molecule is Cc1cc(OCC(=O)NC2=NCCS2)c(C(C)C)cc1Cl. The van der Waals surface area contributed by atoms with Gasteiger partial charge in [0.2, 0.25) is 0 Å². The van der Waals surface area contributed by atoms with Crippen LogP contribution in [0.15, 0.2) is 17.1 Å². The monoisotopic (exact) mass is 326 g/mol. The smallest absolute Gasteiger partial charge is 0.263 e. The second-order valence-electron chi connectivity index (χ2n) is 5.17. The van der Waals surface area contributed by atoms with Crippen molar-refractivity contribution < 1.29 is 9.53 Å². The van der Waals surface area contributed by atoms with Crippen molar-refractivity contribution in [1.29, 1.82) is 0 Å². The van der Waals surface area contributed by atoms with Crippen LogP contribution in [0.25, 0.3) is 0 Å². The van der Waals surface area contributed by atoms with Crippen LogP contribution in [0.5, 0.6) is 5.75 Å². The van der Waals surface area contributed by atoms with E-state index < -0.39 is 0 Å². The molecule has 1 aromatic rings. The molecule has 0 aliphatic carbocycles. The van der Waals surface area contributed by atoms with Gasteiger partial charge in [0.1, 0.15) is 5.75 Å². The van der Waals surface area contributed by atoms with Gasteiger partial charge in [-0.3, -0.25) is 9.79 Å². The molecule has 2 rings (SSSR count). The maximum absolute atomic E-state index is 11.8. The minimum Gasteiger partial charge on any atom is -0.483 e. The molecule has 0 atom stereocenters. The zero-order valence-corrected chi connectivity index (χ0v) is 14.0. The largest absolute Gasteiger partial charge is 0.483 e. The van der Waals surface area contributed by atoms with Crippen LogP contribution in [0.4, 0.5) is 0 Å². The summed E-state index contributed by atoms with van der Waals surface area (Å²) in [7, 11) is 0. The summed E-state index contributed by atoms with van der Waals surface area (Å²) >= 11 is 7.70. The third-order valence-electron chi connectivity index (χ3n) is 3.10. The maximum Gasteiger partial charge on any atom is 0.263 e. The number of rotatable bonds is 4. The minimum atomic E-state index is -0.189. The summed E-state index contributed by atoms with van der Waals surface area (Å²) in [6, 6.07) is 3.79. The Morgan fingerprint density at radius 1 is 1.52 bits per heavy atom. The molecule has 114 valence electrons. The lowest BCUT2D eigenvalue weighted by molar-refractivity contribution is -0.121. The molecule has 0 aromatic heterocycles. The molecule has 0 saturated heterocycles. The summed E-state index contributed by atoms with van der Waals surface area (Å²) in [6.45, 7) is 6.79. The van der Waals surface area contributed by atoms with Gasteiger partial charge in [0.15, 0.2) is 11.8 Å². The van der Waals surface area contributed by atoms with Crippen molar-refractivity contribution in [3.05, 3.63) is 28.3 Å². The minimum absolute atomic E-state index is 0.0274. The molecule has 0 bridgehead atoms. The standard InChI is InChI=1S/C15H19ClN2O2S/c1-9(2)11-7-12(16)10(3)6-13(11)20-8-14(19)18-15-17-4-5-21-15/h6-7,9H,4-5,8H2,1-3H3,(H,17,18,19). The Hall–Kier alpha value is -1.20. The number of thioether (sulfide) groups is 1. The van der Waals surface area contributed by atoms with Gasteiger partial charge in [0.25, 0.3) is 5.91 Å². The van der Waals surface area contributed by atoms with Gasteiger partial charge in [-0.05, 0) is 36.1 Å². The summed E-state index contributed by atoms with van der Waals surface area (Å²) in [5, 5.41) is 4.14. The van der Waals surface area contributed by atoms with Crippen LogP contribution in [0.3, 0.4) is 0 Å². The molecule has 1 aliphatic rings. The first-order chi connectivity index (χ1) is 9.97. The normalized spacial score (nSPS) is 14.2. The number of nitrogens with zero attached hydrogens (tertiary/aromatic N) is 1. The van der Waals surface area contributed by atoms with Crippen LogP contribution in [-0.2, 0) is 4.79 Å². The second-order valence-corrected chi connectivity index (χ2v) is 6.66. The molecule has 0 radical (unpaired) electrons. The zero-order chi connectivity index (χ0) is 15.4. The third-order valence-corrected chi connectivity index (χ3v) is 4.40. The van der Waals surface area contributed by atoms with Gasteiger partial charge in [-0.25, -0.2) is 0 Å². The Bertz CT molecular complexity index is 573. The summed E-state index contributed by atoms with van der Waals surface area (Å²) in [6.07, 6.45) is 0. The maximum atomic E-state index is 11.8. The van der Waals surface area contributed by atoms with Gasteiger partial charge in [-0.1, -0.05) is 37.2 Å². The number of carbonyl (C=O) groups excluding carboxylic acids is 1. The predicted octanol–water partition coefficient (Wildman–Crippen LogP) is 3.37. The summed E-state index contributed by atoms with van der Waals surface area (Å²) in [4.78, 5) is 16.0. The number of carbonyl (C=O) groups is 1. The first-order valence-electron chi connectivity index (χ1n) is 6.87. The molecule has 4 nitrogen and oxygen atoms in total. The number of hydrogen-bond acceptors (Lipinski definition) is 4. The highest BCUT2D eigenvalue weighted by Gasteiger charge is 2.14. The number of aliphatic imine (C=N–C) groups is 1. The number of amides is 1. The van der Waals surface area contributed by atoms with E-state index in [0.717, 1.165) is 23.4 Å². The third kappa shape index (κ3) is 4.38. The lowest BCUT2D eigenvalue weighted by Crippen LogP contribution is -2.32. The topological polar surface area (TPSA) is 50.7 Å². The molecule has 1 N–H and O–H groups in total. The molecule has 0 fully saturated rings. The van der Waals surface area contributed by atoms with E-state index in [9.17, 15) is 4.79 Å². The first kappa shape index (κ1) is 16.2. The molecular formula is C15H19ClN2O2S. The lowest BCUT2D eigenvalue weighted by Gasteiger charge is -2.15. The van der Waals surface area contributed by atoms with Crippen molar-refractivity contribution in [3.8, 4) is 5.75 Å². The molecule has 0 unspecified atom stereocenters. The van der Waals surface area contributed by atoms with E-state index in [1.807, 2.05) is 19.1 Å². The Labute approximate surface area is 134 Å². The molecule has 1 aromatic carbocycles. The van der Waals surface area contributed by atoms with E-state index in [1.165, 1.54) is 0 Å². The van der Waals surface area contributed by atoms with Gasteiger partial charge < -0.3 is 10.1 Å². The van der Waals surface area contributed by atoms with Crippen molar-refractivity contribution >= 4 is 34.4 Å². The summed E-state index contributed by atoms with van der Waals surface area (Å²) in [5.74, 6) is 1.72. The van der Waals surface area contributed by atoms with Gasteiger partial charge in [0, 0.05) is 10.8 Å². The fourth-order valence-electron chi connectivity index (χ4n) is 1.96. The number of benzene rings is 1. The predicted molar refractivity (Wildman–Crippen MR) is 88.7 cm³/mol. The summed E-state index contributed by atoms with van der Waals surface area (Å²) < 4.78 is 5.67. The lowest BCUT2D eigenvalue weighted by atomic mass is 10.0. The van der Waals surface area contributed by atoms with Crippen molar-refractivity contribution in [1.82, 2.24) is 5.32 Å².